The fourth-order valence-electron chi connectivity index (χ4n) is 3.32. The molecule has 9 nitrogen and oxygen atoms in total. The summed E-state index contributed by atoms with van der Waals surface area (Å²) in [6, 6.07) is 2.70. The van der Waals surface area contributed by atoms with Crippen LogP contribution in [-0.2, 0) is 20.8 Å². The van der Waals surface area contributed by atoms with E-state index in [-0.39, 0.29) is 6.42 Å². The molecule has 0 bridgehead atoms. The van der Waals surface area contributed by atoms with Crippen molar-refractivity contribution in [1.29, 1.82) is 0 Å². The van der Waals surface area contributed by atoms with Gasteiger partial charge in [0.15, 0.2) is 11.5 Å². The zero-order valence-corrected chi connectivity index (χ0v) is 18.1. The molecule has 0 aliphatic carbocycles. The molecule has 1 aliphatic heterocycles. The van der Waals surface area contributed by atoms with Gasteiger partial charge in [-0.15, -0.1) is 0 Å². The van der Waals surface area contributed by atoms with Crippen LogP contribution in [0.2, 0.25) is 0 Å². The summed E-state index contributed by atoms with van der Waals surface area (Å²) in [5.41, 5.74) is 0.874. The van der Waals surface area contributed by atoms with Gasteiger partial charge in [-0.05, 0) is 37.5 Å². The molecule has 10 heteroatoms. The molecule has 0 spiro atoms. The molecular formula is C20H28N2O7S. The Kier molecular flexibility index (Phi) is 8.79. The number of carboxylic acid groups (broad SMARTS) is 2. The number of ether oxygens (including phenoxy) is 2. The Hall–Kier alpha value is -2.46. The lowest BCUT2D eigenvalue weighted by Crippen LogP contribution is -2.57. The second-order valence-corrected chi connectivity index (χ2v) is 8.12. The third-order valence-electron chi connectivity index (χ3n) is 4.99. The second-order valence-electron chi connectivity index (χ2n) is 6.97. The SMILES string of the molecule is COc1ccc(CCC(N[C@@H](C)C(=O)N2CCSCC2C(=O)O)C(=O)O)cc1OC. The van der Waals surface area contributed by atoms with E-state index in [1.165, 1.54) is 30.9 Å². The van der Waals surface area contributed by atoms with Gasteiger partial charge in [0, 0.05) is 18.1 Å². The van der Waals surface area contributed by atoms with E-state index in [2.05, 4.69) is 5.32 Å². The molecule has 1 aromatic carbocycles. The maximum Gasteiger partial charge on any atom is 0.327 e. The Morgan fingerprint density at radius 3 is 2.53 bits per heavy atom. The standard InChI is InChI=1S/C20H28N2O7S/c1-12(18(23)22-8-9-30-11-15(22)20(26)27)21-14(19(24)25)6-4-13-5-7-16(28-2)17(10-13)29-3/h5,7,10,12,14-15,21H,4,6,8-9,11H2,1-3H3,(H,24,25)(H,26,27)/t12-,14?,15?/m0/s1. The van der Waals surface area contributed by atoms with E-state index in [4.69, 9.17) is 9.47 Å². The highest BCUT2D eigenvalue weighted by Gasteiger charge is 2.35. The van der Waals surface area contributed by atoms with Gasteiger partial charge in [-0.1, -0.05) is 6.07 Å². The number of aliphatic carboxylic acids is 2. The minimum absolute atomic E-state index is 0.251. The van der Waals surface area contributed by atoms with Crippen molar-refractivity contribution in [3.8, 4) is 11.5 Å². The second kappa shape index (κ2) is 11.1. The molecular weight excluding hydrogens is 412 g/mol. The predicted molar refractivity (Wildman–Crippen MR) is 112 cm³/mol. The first-order valence-electron chi connectivity index (χ1n) is 9.59. The number of aryl methyl sites for hydroxylation is 1. The predicted octanol–water partition coefficient (Wildman–Crippen LogP) is 1.10. The number of benzene rings is 1. The summed E-state index contributed by atoms with van der Waals surface area (Å²) >= 11 is 1.49. The normalized spacial score (nSPS) is 18.4. The van der Waals surface area contributed by atoms with Crippen LogP contribution in [0, 0.1) is 0 Å². The van der Waals surface area contributed by atoms with Gasteiger partial charge >= 0.3 is 11.9 Å². The number of methoxy groups -OCH3 is 2. The lowest BCUT2D eigenvalue weighted by Gasteiger charge is -2.35. The molecule has 1 fully saturated rings. The zero-order chi connectivity index (χ0) is 22.3. The maximum absolute atomic E-state index is 12.8. The first-order chi connectivity index (χ1) is 14.3. The summed E-state index contributed by atoms with van der Waals surface area (Å²) < 4.78 is 10.5. The first kappa shape index (κ1) is 23.8. The quantitative estimate of drug-likeness (QED) is 0.490. The van der Waals surface area contributed by atoms with Crippen LogP contribution in [0.4, 0.5) is 0 Å². The molecule has 30 heavy (non-hydrogen) atoms. The monoisotopic (exact) mass is 440 g/mol. The van der Waals surface area contributed by atoms with E-state index in [0.717, 1.165) is 5.56 Å². The van der Waals surface area contributed by atoms with Crippen LogP contribution in [0.1, 0.15) is 18.9 Å². The summed E-state index contributed by atoms with van der Waals surface area (Å²) in [4.78, 5) is 37.3. The molecule has 166 valence electrons. The first-order valence-corrected chi connectivity index (χ1v) is 10.7. The largest absolute Gasteiger partial charge is 0.493 e. The van der Waals surface area contributed by atoms with E-state index in [1.807, 2.05) is 6.07 Å². The van der Waals surface area contributed by atoms with Crippen LogP contribution in [0.15, 0.2) is 18.2 Å². The summed E-state index contributed by atoms with van der Waals surface area (Å²) in [5.74, 6) is -0.397. The van der Waals surface area contributed by atoms with Crippen LogP contribution in [0.5, 0.6) is 11.5 Å². The van der Waals surface area contributed by atoms with Crippen LogP contribution in [0.25, 0.3) is 0 Å². The number of nitrogens with zero attached hydrogens (tertiary/aromatic N) is 1. The highest BCUT2D eigenvalue weighted by atomic mass is 32.2. The topological polar surface area (TPSA) is 125 Å². The van der Waals surface area contributed by atoms with Crippen LogP contribution in [0.3, 0.4) is 0 Å². The van der Waals surface area contributed by atoms with Crippen molar-refractivity contribution >= 4 is 29.6 Å². The van der Waals surface area contributed by atoms with Gasteiger partial charge in [0.1, 0.15) is 12.1 Å². The van der Waals surface area contributed by atoms with Crippen LogP contribution >= 0.6 is 11.8 Å². The summed E-state index contributed by atoms with van der Waals surface area (Å²) in [6.45, 7) is 1.89. The van der Waals surface area contributed by atoms with Gasteiger partial charge in [-0.3, -0.25) is 14.9 Å². The number of carboxylic acids is 2. The lowest BCUT2D eigenvalue weighted by atomic mass is 10.0. The highest BCUT2D eigenvalue weighted by Crippen LogP contribution is 2.28. The van der Waals surface area contributed by atoms with Crippen molar-refractivity contribution in [1.82, 2.24) is 10.2 Å². The third-order valence-corrected chi connectivity index (χ3v) is 6.01. The number of thioether (sulfide) groups is 1. The Bertz CT molecular complexity index is 774. The van der Waals surface area contributed by atoms with Crippen LogP contribution < -0.4 is 14.8 Å². The van der Waals surface area contributed by atoms with Crippen molar-refractivity contribution in [2.75, 3.05) is 32.3 Å². The van der Waals surface area contributed by atoms with Crippen molar-refractivity contribution in [2.45, 2.75) is 37.9 Å². The number of rotatable bonds is 10. The van der Waals surface area contributed by atoms with Crippen molar-refractivity contribution in [2.24, 2.45) is 0 Å². The fraction of sp³-hybridized carbons (Fsp3) is 0.550. The van der Waals surface area contributed by atoms with Gasteiger partial charge in [0.05, 0.1) is 20.3 Å². The average molecular weight is 441 g/mol. The molecule has 3 atom stereocenters. The number of hydrogen-bond donors (Lipinski definition) is 3. The molecule has 2 rings (SSSR count). The fourth-order valence-corrected chi connectivity index (χ4v) is 4.36. The van der Waals surface area contributed by atoms with E-state index in [1.54, 1.807) is 19.1 Å². The lowest BCUT2D eigenvalue weighted by molar-refractivity contribution is -0.150. The van der Waals surface area contributed by atoms with Gasteiger partial charge in [0.25, 0.3) is 0 Å². The number of amides is 1. The summed E-state index contributed by atoms with van der Waals surface area (Å²) in [6.07, 6.45) is 0.698. The van der Waals surface area contributed by atoms with Crippen LogP contribution in [-0.4, -0.2) is 83.4 Å². The molecule has 1 heterocycles. The number of carbonyl (C=O) groups is 3. The molecule has 2 unspecified atom stereocenters. The minimum Gasteiger partial charge on any atom is -0.493 e. The van der Waals surface area contributed by atoms with Gasteiger partial charge in [-0.25, -0.2) is 4.79 Å². The van der Waals surface area contributed by atoms with Gasteiger partial charge < -0.3 is 24.6 Å². The molecule has 0 radical (unpaired) electrons. The molecule has 0 aromatic heterocycles. The molecule has 3 N–H and O–H groups in total. The summed E-state index contributed by atoms with van der Waals surface area (Å²) in [7, 11) is 3.07. The van der Waals surface area contributed by atoms with Gasteiger partial charge in [0.2, 0.25) is 5.91 Å². The van der Waals surface area contributed by atoms with Crippen molar-refractivity contribution in [3.05, 3.63) is 23.8 Å². The summed E-state index contributed by atoms with van der Waals surface area (Å²) in [5, 5.41) is 21.8. The molecule has 1 aliphatic rings. The molecule has 1 amide bonds. The zero-order valence-electron chi connectivity index (χ0n) is 17.3. The van der Waals surface area contributed by atoms with E-state index < -0.39 is 36.0 Å². The maximum atomic E-state index is 12.8. The molecule has 1 saturated heterocycles. The Labute approximate surface area is 179 Å². The van der Waals surface area contributed by atoms with E-state index in [0.29, 0.717) is 36.0 Å². The molecule has 1 aromatic rings. The van der Waals surface area contributed by atoms with Crippen molar-refractivity contribution < 1.29 is 34.1 Å². The Morgan fingerprint density at radius 2 is 1.93 bits per heavy atom. The smallest absolute Gasteiger partial charge is 0.327 e. The molecule has 0 saturated carbocycles. The number of carbonyl (C=O) groups excluding carboxylic acids is 1. The number of hydrogen-bond acceptors (Lipinski definition) is 7. The Balaban J connectivity index is 2.01. The number of nitrogens with one attached hydrogen (secondary N) is 1. The van der Waals surface area contributed by atoms with E-state index >= 15 is 0 Å². The van der Waals surface area contributed by atoms with Gasteiger partial charge in [-0.2, -0.15) is 11.8 Å². The highest BCUT2D eigenvalue weighted by molar-refractivity contribution is 7.99. The minimum atomic E-state index is -1.07. The van der Waals surface area contributed by atoms with E-state index in [9.17, 15) is 24.6 Å². The average Bonchev–Trinajstić information content (AvgIpc) is 2.75. The Morgan fingerprint density at radius 1 is 1.23 bits per heavy atom. The third kappa shape index (κ3) is 6.02. The van der Waals surface area contributed by atoms with Crippen molar-refractivity contribution in [3.63, 3.8) is 0 Å².